The SMILES string of the molecule is OCC(NCc1ccccc1)c1ccc(Cl)cc1. The van der Waals surface area contributed by atoms with Crippen LogP contribution < -0.4 is 5.32 Å². The molecule has 2 aromatic rings. The summed E-state index contributed by atoms with van der Waals surface area (Å²) in [5, 5.41) is 13.5. The van der Waals surface area contributed by atoms with Gasteiger partial charge in [0.1, 0.15) is 0 Å². The van der Waals surface area contributed by atoms with Gasteiger partial charge in [0.2, 0.25) is 0 Å². The van der Waals surface area contributed by atoms with E-state index in [4.69, 9.17) is 11.6 Å². The first kappa shape index (κ1) is 13.1. The molecule has 18 heavy (non-hydrogen) atoms. The van der Waals surface area contributed by atoms with E-state index in [1.807, 2.05) is 42.5 Å². The zero-order valence-corrected chi connectivity index (χ0v) is 10.8. The van der Waals surface area contributed by atoms with Crippen LogP contribution in [0, 0.1) is 0 Å². The van der Waals surface area contributed by atoms with Crippen LogP contribution >= 0.6 is 11.6 Å². The van der Waals surface area contributed by atoms with Crippen LogP contribution in [-0.4, -0.2) is 11.7 Å². The van der Waals surface area contributed by atoms with Gasteiger partial charge in [0.05, 0.1) is 12.6 Å². The summed E-state index contributed by atoms with van der Waals surface area (Å²) in [5.41, 5.74) is 2.24. The molecule has 0 aromatic heterocycles. The quantitative estimate of drug-likeness (QED) is 0.867. The van der Waals surface area contributed by atoms with Gasteiger partial charge in [-0.15, -0.1) is 0 Å². The van der Waals surface area contributed by atoms with Crippen molar-refractivity contribution >= 4 is 11.6 Å². The molecule has 0 aliphatic rings. The van der Waals surface area contributed by atoms with E-state index < -0.39 is 0 Å². The molecule has 0 aliphatic heterocycles. The van der Waals surface area contributed by atoms with Crippen molar-refractivity contribution in [2.24, 2.45) is 0 Å². The second-order valence-electron chi connectivity index (χ2n) is 4.15. The van der Waals surface area contributed by atoms with Crippen LogP contribution in [0.4, 0.5) is 0 Å². The standard InChI is InChI=1S/C15H16ClNO/c16-14-8-6-13(7-9-14)15(11-18)17-10-12-4-2-1-3-5-12/h1-9,15,17-18H,10-11H2. The summed E-state index contributed by atoms with van der Waals surface area (Å²) in [4.78, 5) is 0. The van der Waals surface area contributed by atoms with Crippen molar-refractivity contribution in [3.05, 3.63) is 70.7 Å². The van der Waals surface area contributed by atoms with Crippen LogP contribution in [0.15, 0.2) is 54.6 Å². The Kier molecular flexibility index (Phi) is 4.76. The molecular weight excluding hydrogens is 246 g/mol. The largest absolute Gasteiger partial charge is 0.394 e. The minimum absolute atomic E-state index is 0.0640. The van der Waals surface area contributed by atoms with Gasteiger partial charge in [-0.1, -0.05) is 54.1 Å². The van der Waals surface area contributed by atoms with E-state index in [1.54, 1.807) is 0 Å². The fourth-order valence-corrected chi connectivity index (χ4v) is 1.95. The van der Waals surface area contributed by atoms with Crippen LogP contribution in [0.2, 0.25) is 5.02 Å². The Morgan fingerprint density at radius 1 is 1.00 bits per heavy atom. The van der Waals surface area contributed by atoms with Crippen molar-refractivity contribution in [1.29, 1.82) is 0 Å². The Morgan fingerprint density at radius 3 is 2.28 bits per heavy atom. The van der Waals surface area contributed by atoms with Crippen molar-refractivity contribution in [2.75, 3.05) is 6.61 Å². The molecule has 2 N–H and O–H groups in total. The van der Waals surface area contributed by atoms with Crippen LogP contribution in [0.25, 0.3) is 0 Å². The minimum Gasteiger partial charge on any atom is -0.394 e. The molecule has 0 aliphatic carbocycles. The smallest absolute Gasteiger partial charge is 0.0626 e. The Hall–Kier alpha value is -1.35. The number of halogens is 1. The van der Waals surface area contributed by atoms with Crippen molar-refractivity contribution in [3.8, 4) is 0 Å². The first-order valence-corrected chi connectivity index (χ1v) is 6.31. The molecule has 0 amide bonds. The maximum Gasteiger partial charge on any atom is 0.0626 e. The molecule has 0 saturated carbocycles. The van der Waals surface area contributed by atoms with E-state index in [0.29, 0.717) is 5.02 Å². The molecule has 2 rings (SSSR count). The molecule has 0 saturated heterocycles. The topological polar surface area (TPSA) is 32.3 Å². The van der Waals surface area contributed by atoms with Crippen LogP contribution in [0.3, 0.4) is 0 Å². The number of aliphatic hydroxyl groups is 1. The van der Waals surface area contributed by atoms with Gasteiger partial charge < -0.3 is 10.4 Å². The third-order valence-electron chi connectivity index (χ3n) is 2.85. The second-order valence-corrected chi connectivity index (χ2v) is 4.59. The molecule has 0 fully saturated rings. The number of aliphatic hydroxyl groups excluding tert-OH is 1. The maximum atomic E-state index is 9.43. The summed E-state index contributed by atoms with van der Waals surface area (Å²) < 4.78 is 0. The Balaban J connectivity index is 1.99. The zero-order chi connectivity index (χ0) is 12.8. The normalized spacial score (nSPS) is 12.3. The number of nitrogens with one attached hydrogen (secondary N) is 1. The van der Waals surface area contributed by atoms with Crippen molar-refractivity contribution in [1.82, 2.24) is 5.32 Å². The van der Waals surface area contributed by atoms with E-state index in [9.17, 15) is 5.11 Å². The third-order valence-corrected chi connectivity index (χ3v) is 3.10. The molecule has 0 radical (unpaired) electrons. The average Bonchev–Trinajstić information content (AvgIpc) is 2.42. The fourth-order valence-electron chi connectivity index (χ4n) is 1.82. The molecule has 3 heteroatoms. The van der Waals surface area contributed by atoms with Crippen LogP contribution in [-0.2, 0) is 6.54 Å². The van der Waals surface area contributed by atoms with E-state index in [-0.39, 0.29) is 12.6 Å². The summed E-state index contributed by atoms with van der Waals surface area (Å²) in [6, 6.07) is 17.6. The Morgan fingerprint density at radius 2 is 1.67 bits per heavy atom. The van der Waals surface area contributed by atoms with Gasteiger partial charge in [0.25, 0.3) is 0 Å². The predicted molar refractivity (Wildman–Crippen MR) is 74.6 cm³/mol. The van der Waals surface area contributed by atoms with Gasteiger partial charge in [0.15, 0.2) is 0 Å². The number of hydrogen-bond donors (Lipinski definition) is 2. The van der Waals surface area contributed by atoms with Gasteiger partial charge in [-0.05, 0) is 23.3 Å². The van der Waals surface area contributed by atoms with Gasteiger partial charge in [-0.25, -0.2) is 0 Å². The molecule has 0 heterocycles. The lowest BCUT2D eigenvalue weighted by molar-refractivity contribution is 0.243. The molecule has 94 valence electrons. The third kappa shape index (κ3) is 3.57. The number of rotatable bonds is 5. The van der Waals surface area contributed by atoms with Gasteiger partial charge in [0, 0.05) is 11.6 Å². The summed E-state index contributed by atoms with van der Waals surface area (Å²) in [6.07, 6.45) is 0. The highest BCUT2D eigenvalue weighted by Gasteiger charge is 2.09. The second kappa shape index (κ2) is 6.55. The van der Waals surface area contributed by atoms with Crippen molar-refractivity contribution in [2.45, 2.75) is 12.6 Å². The van der Waals surface area contributed by atoms with E-state index >= 15 is 0 Å². The molecule has 2 nitrogen and oxygen atoms in total. The lowest BCUT2D eigenvalue weighted by Gasteiger charge is -2.16. The Labute approximate surface area is 112 Å². The van der Waals surface area contributed by atoms with Gasteiger partial charge in [-0.3, -0.25) is 0 Å². The first-order chi connectivity index (χ1) is 8.79. The summed E-state index contributed by atoms with van der Waals surface area (Å²) in [7, 11) is 0. The lowest BCUT2D eigenvalue weighted by atomic mass is 10.1. The number of hydrogen-bond acceptors (Lipinski definition) is 2. The van der Waals surface area contributed by atoms with Gasteiger partial charge >= 0.3 is 0 Å². The lowest BCUT2D eigenvalue weighted by Crippen LogP contribution is -2.23. The van der Waals surface area contributed by atoms with Crippen LogP contribution in [0.5, 0.6) is 0 Å². The molecule has 1 unspecified atom stereocenters. The molecule has 1 atom stereocenters. The highest BCUT2D eigenvalue weighted by Crippen LogP contribution is 2.16. The average molecular weight is 262 g/mol. The fraction of sp³-hybridized carbons (Fsp3) is 0.200. The number of benzene rings is 2. The first-order valence-electron chi connectivity index (χ1n) is 5.93. The maximum absolute atomic E-state index is 9.43. The predicted octanol–water partition coefficient (Wildman–Crippen LogP) is 3.16. The summed E-state index contributed by atoms with van der Waals surface area (Å²) >= 11 is 5.85. The molecule has 0 bridgehead atoms. The molecule has 0 spiro atoms. The van der Waals surface area contributed by atoms with E-state index in [2.05, 4.69) is 17.4 Å². The Bertz CT molecular complexity index is 470. The van der Waals surface area contributed by atoms with Crippen LogP contribution in [0.1, 0.15) is 17.2 Å². The van der Waals surface area contributed by atoms with E-state index in [0.717, 1.165) is 12.1 Å². The highest BCUT2D eigenvalue weighted by atomic mass is 35.5. The highest BCUT2D eigenvalue weighted by molar-refractivity contribution is 6.30. The van der Waals surface area contributed by atoms with Gasteiger partial charge in [-0.2, -0.15) is 0 Å². The molecular formula is C15H16ClNO. The minimum atomic E-state index is -0.0672. The van der Waals surface area contributed by atoms with Crippen molar-refractivity contribution < 1.29 is 5.11 Å². The molecule has 2 aromatic carbocycles. The summed E-state index contributed by atoms with van der Waals surface area (Å²) in [5.74, 6) is 0. The van der Waals surface area contributed by atoms with Crippen molar-refractivity contribution in [3.63, 3.8) is 0 Å². The van der Waals surface area contributed by atoms with E-state index in [1.165, 1.54) is 5.56 Å². The zero-order valence-electron chi connectivity index (χ0n) is 10.0. The summed E-state index contributed by atoms with van der Waals surface area (Å²) in [6.45, 7) is 0.795. The monoisotopic (exact) mass is 261 g/mol.